The van der Waals surface area contributed by atoms with Crippen molar-refractivity contribution in [3.63, 3.8) is 0 Å². The van der Waals surface area contributed by atoms with Crippen LogP contribution in [-0.4, -0.2) is 61.0 Å². The van der Waals surface area contributed by atoms with Gasteiger partial charge in [0.2, 0.25) is 5.91 Å². The van der Waals surface area contributed by atoms with Crippen LogP contribution in [0.1, 0.15) is 62.5 Å². The molecule has 0 aromatic heterocycles. The first-order valence-corrected chi connectivity index (χ1v) is 11.7. The van der Waals surface area contributed by atoms with Gasteiger partial charge in [-0.05, 0) is 69.2 Å². The minimum Gasteiger partial charge on any atom is -0.469 e. The molecule has 1 aromatic rings. The molecule has 0 bridgehead atoms. The Morgan fingerprint density at radius 1 is 1.07 bits per heavy atom. The van der Waals surface area contributed by atoms with Crippen LogP contribution >= 0.6 is 0 Å². The van der Waals surface area contributed by atoms with Crippen LogP contribution in [0.4, 0.5) is 0 Å². The van der Waals surface area contributed by atoms with Crippen molar-refractivity contribution in [2.24, 2.45) is 5.92 Å². The molecule has 1 amide bonds. The van der Waals surface area contributed by atoms with Crippen molar-refractivity contribution < 1.29 is 14.3 Å². The van der Waals surface area contributed by atoms with Gasteiger partial charge in [-0.2, -0.15) is 0 Å². The van der Waals surface area contributed by atoms with Gasteiger partial charge >= 0.3 is 5.97 Å². The summed E-state index contributed by atoms with van der Waals surface area (Å²) in [5.41, 5.74) is 2.83. The summed E-state index contributed by atoms with van der Waals surface area (Å²) in [6.45, 7) is 6.39. The van der Waals surface area contributed by atoms with Crippen molar-refractivity contribution in [2.45, 2.75) is 70.8 Å². The van der Waals surface area contributed by atoms with Crippen LogP contribution in [0.5, 0.6) is 0 Å². The standard InChI is InChI=1S/C25H38N2O3/c1-20-7-3-4-8-22(20)15-18-26-16-13-21(14-17-26)19-27(23-9-5-6-10-23)24(28)11-12-25(29)30-2/h3-4,7-8,21,23H,5-6,9-19H2,1-2H3. The quantitative estimate of drug-likeness (QED) is 0.574. The Bertz CT molecular complexity index is 691. The largest absolute Gasteiger partial charge is 0.469 e. The number of piperidine rings is 1. The lowest BCUT2D eigenvalue weighted by atomic mass is 9.94. The number of hydrogen-bond donors (Lipinski definition) is 0. The van der Waals surface area contributed by atoms with Gasteiger partial charge in [0, 0.05) is 25.6 Å². The molecule has 1 aromatic carbocycles. The Labute approximate surface area is 181 Å². The van der Waals surface area contributed by atoms with E-state index in [1.807, 2.05) is 0 Å². The molecule has 1 aliphatic carbocycles. The summed E-state index contributed by atoms with van der Waals surface area (Å²) >= 11 is 0. The number of rotatable bonds is 9. The Kier molecular flexibility index (Phi) is 8.74. The van der Waals surface area contributed by atoms with Crippen molar-refractivity contribution >= 4 is 11.9 Å². The summed E-state index contributed by atoms with van der Waals surface area (Å²) in [7, 11) is 1.38. The second-order valence-electron chi connectivity index (χ2n) is 9.02. The summed E-state index contributed by atoms with van der Waals surface area (Å²) in [5.74, 6) is 0.411. The van der Waals surface area contributed by atoms with Gasteiger partial charge in [0.05, 0.1) is 13.5 Å². The third-order valence-electron chi connectivity index (χ3n) is 6.98. The maximum absolute atomic E-state index is 12.9. The number of amides is 1. The average molecular weight is 415 g/mol. The molecule has 0 unspecified atom stereocenters. The van der Waals surface area contributed by atoms with E-state index >= 15 is 0 Å². The van der Waals surface area contributed by atoms with E-state index in [0.717, 1.165) is 58.3 Å². The minimum absolute atomic E-state index is 0.134. The normalized spacial score (nSPS) is 18.5. The van der Waals surface area contributed by atoms with E-state index in [1.54, 1.807) is 0 Å². The maximum Gasteiger partial charge on any atom is 0.306 e. The lowest BCUT2D eigenvalue weighted by Gasteiger charge is -2.37. The highest BCUT2D eigenvalue weighted by Gasteiger charge is 2.30. The predicted octanol–water partition coefficient (Wildman–Crippen LogP) is 3.97. The molecule has 0 atom stereocenters. The van der Waals surface area contributed by atoms with E-state index in [4.69, 9.17) is 4.74 Å². The molecule has 0 spiro atoms. The fourth-order valence-electron chi connectivity index (χ4n) is 4.97. The van der Waals surface area contributed by atoms with Gasteiger partial charge in [0.1, 0.15) is 0 Å². The molecule has 0 radical (unpaired) electrons. The van der Waals surface area contributed by atoms with Gasteiger partial charge in [-0.3, -0.25) is 9.59 Å². The van der Waals surface area contributed by atoms with E-state index in [2.05, 4.69) is 41.0 Å². The Hall–Kier alpha value is -1.88. The molecule has 1 heterocycles. The van der Waals surface area contributed by atoms with Gasteiger partial charge in [0.25, 0.3) is 0 Å². The lowest BCUT2D eigenvalue weighted by molar-refractivity contribution is -0.144. The number of esters is 1. The second kappa shape index (κ2) is 11.5. The number of nitrogens with zero attached hydrogens (tertiary/aromatic N) is 2. The third kappa shape index (κ3) is 6.56. The van der Waals surface area contributed by atoms with E-state index in [9.17, 15) is 9.59 Å². The second-order valence-corrected chi connectivity index (χ2v) is 9.02. The first-order chi connectivity index (χ1) is 14.6. The highest BCUT2D eigenvalue weighted by atomic mass is 16.5. The highest BCUT2D eigenvalue weighted by molar-refractivity contribution is 5.81. The van der Waals surface area contributed by atoms with Gasteiger partial charge in [-0.25, -0.2) is 0 Å². The van der Waals surface area contributed by atoms with Gasteiger partial charge in [-0.1, -0.05) is 37.1 Å². The molecule has 1 saturated carbocycles. The van der Waals surface area contributed by atoms with E-state index in [-0.39, 0.29) is 24.7 Å². The van der Waals surface area contributed by atoms with Crippen LogP contribution in [0.3, 0.4) is 0 Å². The molecule has 3 rings (SSSR count). The highest BCUT2D eigenvalue weighted by Crippen LogP contribution is 2.27. The van der Waals surface area contributed by atoms with Crippen LogP contribution in [0.2, 0.25) is 0 Å². The molecule has 5 nitrogen and oxygen atoms in total. The molecule has 1 aliphatic heterocycles. The molecule has 5 heteroatoms. The number of carbonyl (C=O) groups is 2. The number of carbonyl (C=O) groups excluding carboxylic acids is 2. The first kappa shape index (κ1) is 22.8. The lowest BCUT2D eigenvalue weighted by Crippen LogP contribution is -2.45. The van der Waals surface area contributed by atoms with Crippen LogP contribution in [0.15, 0.2) is 24.3 Å². The first-order valence-electron chi connectivity index (χ1n) is 11.7. The van der Waals surface area contributed by atoms with Crippen molar-refractivity contribution in [3.05, 3.63) is 35.4 Å². The fraction of sp³-hybridized carbons (Fsp3) is 0.680. The summed E-state index contributed by atoms with van der Waals surface area (Å²) in [4.78, 5) is 29.0. The molecule has 0 N–H and O–H groups in total. The SMILES string of the molecule is COC(=O)CCC(=O)N(CC1CCN(CCc2ccccc2C)CC1)C1CCCC1. The van der Waals surface area contributed by atoms with Crippen molar-refractivity contribution in [2.75, 3.05) is 33.3 Å². The number of hydrogen-bond acceptors (Lipinski definition) is 4. The van der Waals surface area contributed by atoms with Gasteiger partial charge in [0.15, 0.2) is 0 Å². The Morgan fingerprint density at radius 3 is 2.43 bits per heavy atom. The molecule has 1 saturated heterocycles. The van der Waals surface area contributed by atoms with E-state index in [0.29, 0.717) is 12.0 Å². The topological polar surface area (TPSA) is 49.9 Å². The van der Waals surface area contributed by atoms with Gasteiger partial charge < -0.3 is 14.5 Å². The third-order valence-corrected chi connectivity index (χ3v) is 6.98. The number of methoxy groups -OCH3 is 1. The minimum atomic E-state index is -0.295. The van der Waals surface area contributed by atoms with Gasteiger partial charge in [-0.15, -0.1) is 0 Å². The van der Waals surface area contributed by atoms with Crippen LogP contribution in [-0.2, 0) is 20.7 Å². The number of likely N-dealkylation sites (tertiary alicyclic amines) is 1. The molecular weight excluding hydrogens is 376 g/mol. The zero-order valence-corrected chi connectivity index (χ0v) is 18.8. The summed E-state index contributed by atoms with van der Waals surface area (Å²) in [6.07, 6.45) is 8.53. The molecule has 30 heavy (non-hydrogen) atoms. The average Bonchev–Trinajstić information content (AvgIpc) is 3.30. The Morgan fingerprint density at radius 2 is 1.77 bits per heavy atom. The molecule has 166 valence electrons. The number of benzene rings is 1. The smallest absolute Gasteiger partial charge is 0.306 e. The summed E-state index contributed by atoms with van der Waals surface area (Å²) < 4.78 is 4.71. The van der Waals surface area contributed by atoms with E-state index < -0.39 is 0 Å². The summed E-state index contributed by atoms with van der Waals surface area (Å²) in [5, 5.41) is 0. The molecular formula is C25H38N2O3. The predicted molar refractivity (Wildman–Crippen MR) is 119 cm³/mol. The van der Waals surface area contributed by atoms with Crippen LogP contribution in [0, 0.1) is 12.8 Å². The molecule has 2 fully saturated rings. The fourth-order valence-corrected chi connectivity index (χ4v) is 4.97. The zero-order valence-electron chi connectivity index (χ0n) is 18.8. The Balaban J connectivity index is 1.47. The number of aryl methyl sites for hydroxylation is 1. The monoisotopic (exact) mass is 414 g/mol. The van der Waals surface area contributed by atoms with Crippen LogP contribution in [0.25, 0.3) is 0 Å². The van der Waals surface area contributed by atoms with Crippen LogP contribution < -0.4 is 0 Å². The number of ether oxygens (including phenoxy) is 1. The summed E-state index contributed by atoms with van der Waals surface area (Å²) in [6, 6.07) is 9.03. The molecule has 2 aliphatic rings. The van der Waals surface area contributed by atoms with Crippen molar-refractivity contribution in [3.8, 4) is 0 Å². The van der Waals surface area contributed by atoms with Crippen molar-refractivity contribution in [1.29, 1.82) is 0 Å². The van der Waals surface area contributed by atoms with E-state index in [1.165, 1.54) is 31.1 Å². The van der Waals surface area contributed by atoms with Crippen molar-refractivity contribution in [1.82, 2.24) is 9.80 Å². The zero-order chi connectivity index (χ0) is 21.3. The maximum atomic E-state index is 12.9.